The van der Waals surface area contributed by atoms with Gasteiger partial charge in [-0.1, -0.05) is 6.42 Å². The molecule has 0 radical (unpaired) electrons. The minimum Gasteiger partial charge on any atom is -0.391 e. The maximum Gasteiger partial charge on any atom is 0.251 e. The van der Waals surface area contributed by atoms with Crippen LogP contribution in [0, 0.1) is 5.92 Å². The lowest BCUT2D eigenvalue weighted by Crippen LogP contribution is -2.40. The van der Waals surface area contributed by atoms with Gasteiger partial charge in [-0.2, -0.15) is 5.10 Å². The summed E-state index contributed by atoms with van der Waals surface area (Å²) in [6, 6.07) is -0.0504. The van der Waals surface area contributed by atoms with E-state index in [1.165, 1.54) is 0 Å². The highest BCUT2D eigenvalue weighted by atomic mass is 16.3. The van der Waals surface area contributed by atoms with Gasteiger partial charge in [-0.15, -0.1) is 0 Å². The molecule has 3 unspecified atom stereocenters. The van der Waals surface area contributed by atoms with E-state index in [9.17, 15) is 9.90 Å². The number of hydrazone groups is 1. The van der Waals surface area contributed by atoms with Crippen LogP contribution < -0.4 is 0 Å². The monoisotopic (exact) mass is 222 g/mol. The molecule has 0 aromatic carbocycles. The summed E-state index contributed by atoms with van der Waals surface area (Å²) in [6.45, 7) is 0. The van der Waals surface area contributed by atoms with Gasteiger partial charge in [-0.3, -0.25) is 4.79 Å². The molecule has 0 bridgehead atoms. The Morgan fingerprint density at radius 3 is 2.75 bits per heavy atom. The molecule has 2 saturated carbocycles. The van der Waals surface area contributed by atoms with Gasteiger partial charge in [0.15, 0.2) is 0 Å². The molecule has 0 spiro atoms. The topological polar surface area (TPSA) is 52.9 Å². The SMILES string of the molecule is O=C1C2CCCCC2=NN1C1CCCC1O. The third kappa shape index (κ3) is 1.47. The first-order valence-corrected chi connectivity index (χ1v) is 6.36. The normalized spacial score (nSPS) is 38.8. The van der Waals surface area contributed by atoms with Gasteiger partial charge >= 0.3 is 0 Å². The Kier molecular flexibility index (Phi) is 2.46. The molecule has 88 valence electrons. The zero-order chi connectivity index (χ0) is 11.1. The van der Waals surface area contributed by atoms with Crippen molar-refractivity contribution in [2.75, 3.05) is 0 Å². The number of carbonyl (C=O) groups excluding carboxylic acids is 1. The first-order chi connectivity index (χ1) is 7.77. The van der Waals surface area contributed by atoms with E-state index in [2.05, 4.69) is 5.10 Å². The van der Waals surface area contributed by atoms with E-state index in [4.69, 9.17) is 0 Å². The van der Waals surface area contributed by atoms with Crippen molar-refractivity contribution in [2.24, 2.45) is 11.0 Å². The molecule has 16 heavy (non-hydrogen) atoms. The molecule has 1 N–H and O–H groups in total. The summed E-state index contributed by atoms with van der Waals surface area (Å²) in [5.74, 6) is 0.183. The van der Waals surface area contributed by atoms with Gasteiger partial charge in [0.25, 0.3) is 5.91 Å². The molecule has 4 heteroatoms. The molecule has 1 aliphatic heterocycles. The van der Waals surface area contributed by atoms with Crippen LogP contribution in [0.5, 0.6) is 0 Å². The number of amides is 1. The van der Waals surface area contributed by atoms with Crippen molar-refractivity contribution in [2.45, 2.75) is 57.1 Å². The molecule has 0 aromatic rings. The molecule has 2 fully saturated rings. The van der Waals surface area contributed by atoms with Gasteiger partial charge in [0.1, 0.15) is 0 Å². The highest BCUT2D eigenvalue weighted by molar-refractivity contribution is 6.08. The molecular weight excluding hydrogens is 204 g/mol. The summed E-state index contributed by atoms with van der Waals surface area (Å²) in [5, 5.41) is 15.9. The number of hydrogen-bond acceptors (Lipinski definition) is 3. The van der Waals surface area contributed by atoms with Gasteiger partial charge in [0, 0.05) is 0 Å². The lowest BCUT2D eigenvalue weighted by Gasteiger charge is -2.24. The van der Waals surface area contributed by atoms with E-state index in [0.717, 1.165) is 50.7 Å². The number of fused-ring (bicyclic) bond motifs is 1. The van der Waals surface area contributed by atoms with Crippen molar-refractivity contribution >= 4 is 11.6 Å². The van der Waals surface area contributed by atoms with E-state index in [1.807, 2.05) is 0 Å². The first-order valence-electron chi connectivity index (χ1n) is 6.36. The van der Waals surface area contributed by atoms with Crippen LogP contribution in [0.1, 0.15) is 44.9 Å². The van der Waals surface area contributed by atoms with E-state index in [1.54, 1.807) is 5.01 Å². The van der Waals surface area contributed by atoms with Gasteiger partial charge in [0.2, 0.25) is 0 Å². The molecule has 3 aliphatic rings. The van der Waals surface area contributed by atoms with Gasteiger partial charge in [0.05, 0.1) is 23.8 Å². The number of carbonyl (C=O) groups is 1. The summed E-state index contributed by atoms with van der Waals surface area (Å²) in [6.07, 6.45) is 6.56. The first kappa shape index (κ1) is 10.3. The predicted molar refractivity (Wildman–Crippen MR) is 59.9 cm³/mol. The summed E-state index contributed by atoms with van der Waals surface area (Å²) < 4.78 is 0. The molecule has 4 nitrogen and oxygen atoms in total. The average Bonchev–Trinajstić information content (AvgIpc) is 2.84. The summed E-state index contributed by atoms with van der Waals surface area (Å²) >= 11 is 0. The fourth-order valence-electron chi connectivity index (χ4n) is 3.17. The van der Waals surface area contributed by atoms with Gasteiger partial charge < -0.3 is 5.11 Å². The van der Waals surface area contributed by atoms with Crippen molar-refractivity contribution in [3.8, 4) is 0 Å². The Labute approximate surface area is 95.3 Å². The van der Waals surface area contributed by atoms with E-state index in [0.29, 0.717) is 0 Å². The Morgan fingerprint density at radius 2 is 2.06 bits per heavy atom. The quantitative estimate of drug-likeness (QED) is 0.726. The summed E-state index contributed by atoms with van der Waals surface area (Å²) in [7, 11) is 0. The van der Waals surface area contributed by atoms with E-state index >= 15 is 0 Å². The third-order valence-corrected chi connectivity index (χ3v) is 4.10. The predicted octanol–water partition coefficient (Wildman–Crippen LogP) is 1.29. The summed E-state index contributed by atoms with van der Waals surface area (Å²) in [4.78, 5) is 12.2. The fourth-order valence-corrected chi connectivity index (χ4v) is 3.17. The van der Waals surface area contributed by atoms with Crippen LogP contribution in [0.2, 0.25) is 0 Å². The summed E-state index contributed by atoms with van der Waals surface area (Å²) in [5.41, 5.74) is 1.07. The molecule has 0 aromatic heterocycles. The van der Waals surface area contributed by atoms with Crippen LogP contribution in [0.4, 0.5) is 0 Å². The van der Waals surface area contributed by atoms with Crippen LogP contribution in [-0.4, -0.2) is 33.9 Å². The smallest absolute Gasteiger partial charge is 0.251 e. The number of nitrogens with zero attached hydrogens (tertiary/aromatic N) is 2. The van der Waals surface area contributed by atoms with E-state index in [-0.39, 0.29) is 24.0 Å². The minimum absolute atomic E-state index is 0.0431. The van der Waals surface area contributed by atoms with E-state index < -0.39 is 0 Å². The standard InChI is InChI=1S/C12H18N2O2/c15-11-7-3-6-10(11)14-12(16)8-4-1-2-5-9(8)13-14/h8,10-11,15H,1-7H2. The van der Waals surface area contributed by atoms with Crippen molar-refractivity contribution in [3.05, 3.63) is 0 Å². The number of aliphatic hydroxyl groups is 1. The average molecular weight is 222 g/mol. The van der Waals surface area contributed by atoms with Gasteiger partial charge in [-0.05, 0) is 38.5 Å². The molecular formula is C12H18N2O2. The largest absolute Gasteiger partial charge is 0.391 e. The number of hydrogen-bond donors (Lipinski definition) is 1. The maximum absolute atomic E-state index is 12.2. The number of rotatable bonds is 1. The van der Waals surface area contributed by atoms with Crippen molar-refractivity contribution in [3.63, 3.8) is 0 Å². The second-order valence-electron chi connectivity index (χ2n) is 5.14. The molecule has 1 amide bonds. The van der Waals surface area contributed by atoms with Crippen LogP contribution in [0.15, 0.2) is 5.10 Å². The van der Waals surface area contributed by atoms with Crippen LogP contribution in [0.3, 0.4) is 0 Å². The Balaban J connectivity index is 1.81. The Bertz CT molecular complexity index is 340. The van der Waals surface area contributed by atoms with Crippen molar-refractivity contribution in [1.29, 1.82) is 0 Å². The third-order valence-electron chi connectivity index (χ3n) is 4.10. The lowest BCUT2D eigenvalue weighted by atomic mass is 9.87. The number of aliphatic hydroxyl groups excluding tert-OH is 1. The minimum atomic E-state index is -0.367. The molecule has 0 saturated heterocycles. The highest BCUT2D eigenvalue weighted by Crippen LogP contribution is 2.34. The van der Waals surface area contributed by atoms with Crippen LogP contribution >= 0.6 is 0 Å². The van der Waals surface area contributed by atoms with Crippen LogP contribution in [0.25, 0.3) is 0 Å². The zero-order valence-corrected chi connectivity index (χ0v) is 9.43. The van der Waals surface area contributed by atoms with Crippen molar-refractivity contribution in [1.82, 2.24) is 5.01 Å². The van der Waals surface area contributed by atoms with Crippen molar-refractivity contribution < 1.29 is 9.90 Å². The molecule has 3 rings (SSSR count). The second kappa shape index (κ2) is 3.84. The van der Waals surface area contributed by atoms with Crippen LogP contribution in [-0.2, 0) is 4.79 Å². The Hall–Kier alpha value is -0.900. The Morgan fingerprint density at radius 1 is 1.19 bits per heavy atom. The second-order valence-corrected chi connectivity index (χ2v) is 5.14. The molecule has 2 aliphatic carbocycles. The molecule has 3 atom stereocenters. The highest BCUT2D eigenvalue weighted by Gasteiger charge is 2.43. The van der Waals surface area contributed by atoms with Gasteiger partial charge in [-0.25, -0.2) is 5.01 Å². The molecule has 1 heterocycles. The lowest BCUT2D eigenvalue weighted by molar-refractivity contribution is -0.136. The zero-order valence-electron chi connectivity index (χ0n) is 9.43. The fraction of sp³-hybridized carbons (Fsp3) is 0.833. The maximum atomic E-state index is 12.2.